The van der Waals surface area contributed by atoms with E-state index in [1.54, 1.807) is 92.7 Å². The number of ketones is 1. The number of carbonyl (C=O) groups is 6. The zero-order valence-corrected chi connectivity index (χ0v) is 35.9. The van der Waals surface area contributed by atoms with Crippen LogP contribution in [0.4, 0.5) is 0 Å². The molecular formula is C48H53NO14. The van der Waals surface area contributed by atoms with Gasteiger partial charge in [-0.15, -0.1) is 0 Å². The summed E-state index contributed by atoms with van der Waals surface area (Å²) in [5.41, 5.74) is -6.71. The molecule has 1 aliphatic heterocycles. The Morgan fingerprint density at radius 3 is 2.08 bits per heavy atom. The molecule has 7 rings (SSSR count). The molecule has 1 saturated heterocycles. The molecular weight excluding hydrogens is 815 g/mol. The molecule has 15 heteroatoms. The second-order valence-electron chi connectivity index (χ2n) is 17.7. The van der Waals surface area contributed by atoms with Gasteiger partial charge in [-0.1, -0.05) is 92.7 Å². The molecule has 11 atom stereocenters. The highest BCUT2D eigenvalue weighted by Crippen LogP contribution is 2.65. The van der Waals surface area contributed by atoms with Gasteiger partial charge in [0, 0.05) is 25.2 Å². The van der Waals surface area contributed by atoms with Gasteiger partial charge in [-0.2, -0.15) is 0 Å². The molecule has 1 heterocycles. The lowest BCUT2D eigenvalue weighted by molar-refractivity contribution is -0.345. The molecule has 3 aliphatic carbocycles. The molecule has 3 aromatic rings. The fourth-order valence-corrected chi connectivity index (χ4v) is 10.5. The van der Waals surface area contributed by atoms with Crippen molar-refractivity contribution in [1.29, 1.82) is 0 Å². The van der Waals surface area contributed by atoms with Crippen molar-refractivity contribution in [3.05, 3.63) is 119 Å². The van der Waals surface area contributed by atoms with Crippen LogP contribution in [0.2, 0.25) is 0 Å². The van der Waals surface area contributed by atoms with Crippen LogP contribution in [0, 0.1) is 22.7 Å². The first-order valence-corrected chi connectivity index (χ1v) is 20.9. The van der Waals surface area contributed by atoms with Crippen molar-refractivity contribution in [3.63, 3.8) is 0 Å². The molecule has 2 bridgehead atoms. The highest BCUT2D eigenvalue weighted by molar-refractivity contribution is 6.06. The first-order valence-electron chi connectivity index (χ1n) is 20.9. The molecule has 334 valence electrons. The number of benzene rings is 3. The van der Waals surface area contributed by atoms with Gasteiger partial charge in [0.1, 0.15) is 29.8 Å². The third kappa shape index (κ3) is 7.64. The number of amides is 1. The summed E-state index contributed by atoms with van der Waals surface area (Å²) in [6, 6.07) is 23.7. The topological polar surface area (TPSA) is 221 Å². The highest BCUT2D eigenvalue weighted by Gasteiger charge is 2.78. The SMILES string of the molecule is COC(=O)[C@H]1C(=O)[C@@]2(C)[C@H](C(OC(=O)c3ccccc3)[C@]3(O)CC(OC(=O)C(O)[C@@H](NC(=O)Cc4ccccc4)c4ccccc4)C(C)=C1C3(C)C)[C@]1(OC(C)=O)CO[C@@H]1C[C@@H]2O. The van der Waals surface area contributed by atoms with Crippen LogP contribution < -0.4 is 5.32 Å². The molecule has 2 saturated carbocycles. The molecule has 3 fully saturated rings. The zero-order chi connectivity index (χ0) is 45.6. The van der Waals surface area contributed by atoms with Gasteiger partial charge in [-0.3, -0.25) is 19.2 Å². The molecule has 15 nitrogen and oxygen atoms in total. The van der Waals surface area contributed by atoms with Gasteiger partial charge in [-0.05, 0) is 48.3 Å². The van der Waals surface area contributed by atoms with Crippen molar-refractivity contribution in [2.45, 2.75) is 102 Å². The lowest BCUT2D eigenvalue weighted by Crippen LogP contribution is -2.81. The number of aliphatic hydroxyl groups is 3. The lowest BCUT2D eigenvalue weighted by Gasteiger charge is -2.67. The quantitative estimate of drug-likeness (QED) is 0.0938. The van der Waals surface area contributed by atoms with Crippen molar-refractivity contribution >= 4 is 35.6 Å². The zero-order valence-electron chi connectivity index (χ0n) is 35.9. The smallest absolute Gasteiger partial charge is 0.338 e. The summed E-state index contributed by atoms with van der Waals surface area (Å²) in [6.07, 6.45) is -8.83. The fraction of sp³-hybridized carbons (Fsp3) is 0.458. The van der Waals surface area contributed by atoms with Gasteiger partial charge in [-0.25, -0.2) is 9.59 Å². The Hall–Kier alpha value is -5.74. The summed E-state index contributed by atoms with van der Waals surface area (Å²) >= 11 is 0. The van der Waals surface area contributed by atoms with Gasteiger partial charge in [0.15, 0.2) is 17.5 Å². The lowest BCUT2D eigenvalue weighted by atomic mass is 9.43. The van der Waals surface area contributed by atoms with E-state index in [0.29, 0.717) is 11.1 Å². The van der Waals surface area contributed by atoms with Crippen LogP contribution in [0.1, 0.15) is 75.0 Å². The first-order chi connectivity index (χ1) is 29.8. The van der Waals surface area contributed by atoms with Crippen LogP contribution in [-0.4, -0.2) is 106 Å². The molecule has 4 N–H and O–H groups in total. The van der Waals surface area contributed by atoms with E-state index in [0.717, 1.165) is 14.0 Å². The van der Waals surface area contributed by atoms with Crippen LogP contribution in [0.25, 0.3) is 0 Å². The predicted molar refractivity (Wildman–Crippen MR) is 222 cm³/mol. The van der Waals surface area contributed by atoms with Crippen molar-refractivity contribution in [2.24, 2.45) is 22.7 Å². The summed E-state index contributed by atoms with van der Waals surface area (Å²) in [4.78, 5) is 84.7. The molecule has 3 aromatic carbocycles. The highest BCUT2D eigenvalue weighted by atomic mass is 16.6. The number of carbonyl (C=O) groups excluding carboxylic acids is 6. The number of hydrogen-bond donors (Lipinski definition) is 4. The maximum Gasteiger partial charge on any atom is 0.338 e. The predicted octanol–water partition coefficient (Wildman–Crippen LogP) is 3.52. The van der Waals surface area contributed by atoms with Gasteiger partial charge in [0.2, 0.25) is 5.91 Å². The number of ether oxygens (including phenoxy) is 5. The minimum absolute atomic E-state index is 0.0303. The van der Waals surface area contributed by atoms with Crippen LogP contribution in [0.15, 0.2) is 102 Å². The molecule has 63 heavy (non-hydrogen) atoms. The number of fused-ring (bicyclic) bond motifs is 5. The number of Topliss-reactive ketones (excluding diaryl/α,β-unsaturated/α-hetero) is 1. The third-order valence-corrected chi connectivity index (χ3v) is 13.9. The van der Waals surface area contributed by atoms with Crippen LogP contribution >= 0.6 is 0 Å². The van der Waals surface area contributed by atoms with E-state index < -0.39 is 112 Å². The summed E-state index contributed by atoms with van der Waals surface area (Å²) in [5, 5.41) is 40.3. The molecule has 1 amide bonds. The van der Waals surface area contributed by atoms with Crippen LogP contribution in [-0.2, 0) is 54.1 Å². The van der Waals surface area contributed by atoms with E-state index in [2.05, 4.69) is 5.32 Å². The van der Waals surface area contributed by atoms with E-state index >= 15 is 4.79 Å². The number of aliphatic hydroxyl groups excluding tert-OH is 2. The average molecular weight is 868 g/mol. The summed E-state index contributed by atoms with van der Waals surface area (Å²) in [7, 11) is 1.08. The Bertz CT molecular complexity index is 2300. The van der Waals surface area contributed by atoms with E-state index in [1.807, 2.05) is 0 Å². The van der Waals surface area contributed by atoms with Gasteiger partial charge in [0.25, 0.3) is 0 Å². The third-order valence-electron chi connectivity index (χ3n) is 13.9. The Kier molecular flexibility index (Phi) is 12.3. The number of esters is 4. The molecule has 0 aromatic heterocycles. The molecule has 0 radical (unpaired) electrons. The van der Waals surface area contributed by atoms with Gasteiger partial charge >= 0.3 is 23.9 Å². The second kappa shape index (κ2) is 17.1. The van der Waals surface area contributed by atoms with E-state index in [4.69, 9.17) is 23.7 Å². The normalized spacial score (nSPS) is 31.5. The Labute approximate surface area is 364 Å². The van der Waals surface area contributed by atoms with Crippen molar-refractivity contribution in [3.8, 4) is 0 Å². The van der Waals surface area contributed by atoms with Crippen LogP contribution in [0.3, 0.4) is 0 Å². The summed E-state index contributed by atoms with van der Waals surface area (Å²) in [5.74, 6) is -8.80. The summed E-state index contributed by atoms with van der Waals surface area (Å²) in [6.45, 7) is 6.83. The minimum atomic E-state index is -2.41. The standard InChI is InChI=1S/C48H53NO14/c1-26-31(61-44(57)38(53)37(29-18-12-8-13-19-29)49-34(52)22-28-16-10-7-11-17-28)24-48(58)41(62-42(55)30-20-14-9-15-21-30)39-46(5,32(51)23-33-47(39,25-60-33)63-27(2)50)40(54)35(43(56)59-6)36(26)45(48,3)4/h7-21,31-33,35,37-39,41,51,53,58H,22-25H2,1-6H3,(H,49,52)/t31?,32-,33+,35+,37-,38?,39-,41?,46+,47-,48+/m0/s1. The second-order valence-corrected chi connectivity index (χ2v) is 17.7. The van der Waals surface area contributed by atoms with Gasteiger partial charge in [0.05, 0.1) is 49.2 Å². The molecule has 3 unspecified atom stereocenters. The van der Waals surface area contributed by atoms with E-state index in [1.165, 1.54) is 26.0 Å². The maximum absolute atomic E-state index is 15.5. The van der Waals surface area contributed by atoms with Crippen LogP contribution in [0.5, 0.6) is 0 Å². The molecule has 0 spiro atoms. The Morgan fingerprint density at radius 2 is 1.51 bits per heavy atom. The van der Waals surface area contributed by atoms with Gasteiger partial charge < -0.3 is 44.3 Å². The average Bonchev–Trinajstić information content (AvgIpc) is 3.26. The molecule has 4 aliphatic rings. The number of hydrogen-bond acceptors (Lipinski definition) is 14. The first kappa shape index (κ1) is 45.3. The van der Waals surface area contributed by atoms with Crippen molar-refractivity contribution in [1.82, 2.24) is 5.32 Å². The van der Waals surface area contributed by atoms with Crippen molar-refractivity contribution in [2.75, 3.05) is 13.7 Å². The fourth-order valence-electron chi connectivity index (χ4n) is 10.5. The van der Waals surface area contributed by atoms with E-state index in [-0.39, 0.29) is 36.2 Å². The number of methoxy groups -OCH3 is 1. The minimum Gasteiger partial charge on any atom is -0.468 e. The maximum atomic E-state index is 15.5. The number of rotatable bonds is 11. The summed E-state index contributed by atoms with van der Waals surface area (Å²) < 4.78 is 29.7. The largest absolute Gasteiger partial charge is 0.468 e. The monoisotopic (exact) mass is 867 g/mol. The Morgan fingerprint density at radius 1 is 0.905 bits per heavy atom. The Balaban J connectivity index is 1.37. The van der Waals surface area contributed by atoms with Crippen molar-refractivity contribution < 1.29 is 67.8 Å². The van der Waals surface area contributed by atoms with E-state index in [9.17, 15) is 39.3 Å². The number of nitrogens with one attached hydrogen (secondary N) is 1.